The van der Waals surface area contributed by atoms with Crippen molar-refractivity contribution in [2.75, 3.05) is 31.5 Å². The second kappa shape index (κ2) is 10.7. The first kappa shape index (κ1) is 25.3. The summed E-state index contributed by atoms with van der Waals surface area (Å²) in [5.41, 5.74) is 0.890. The molecule has 3 N–H and O–H groups in total. The summed E-state index contributed by atoms with van der Waals surface area (Å²) in [5.74, 6) is 0.379. The number of amides is 1. The lowest BCUT2D eigenvalue weighted by Crippen LogP contribution is -2.47. The van der Waals surface area contributed by atoms with Gasteiger partial charge in [-0.15, -0.1) is 0 Å². The number of hydrogen-bond acceptors (Lipinski definition) is 6. The molecule has 10 heteroatoms. The van der Waals surface area contributed by atoms with Crippen molar-refractivity contribution in [1.29, 1.82) is 0 Å². The van der Waals surface area contributed by atoms with Crippen molar-refractivity contribution in [1.82, 2.24) is 10.2 Å². The van der Waals surface area contributed by atoms with Crippen LogP contribution in [0.2, 0.25) is 5.02 Å². The second-order valence-corrected chi connectivity index (χ2v) is 10.4. The minimum Gasteiger partial charge on any atom is -0.488 e. The molecule has 0 radical (unpaired) electrons. The smallest absolute Gasteiger partial charge is 0.261 e. The first-order valence-corrected chi connectivity index (χ1v) is 12.6. The average Bonchev–Trinajstić information content (AvgIpc) is 2.81. The van der Waals surface area contributed by atoms with Crippen molar-refractivity contribution in [3.05, 3.63) is 53.1 Å². The SMILES string of the molecule is CNC[C@@H]1Oc2ccc(NS(=O)(=O)c3ccc(Cl)cc3)cc2CC(=O)N([C@H](C)CO)C[C@H]1C. The number of fused-ring (bicyclic) bond motifs is 1. The zero-order chi connectivity index (χ0) is 24.2. The van der Waals surface area contributed by atoms with E-state index in [0.29, 0.717) is 35.1 Å². The number of aliphatic hydroxyl groups excluding tert-OH is 1. The summed E-state index contributed by atoms with van der Waals surface area (Å²) in [6, 6.07) is 10.4. The van der Waals surface area contributed by atoms with Crippen molar-refractivity contribution in [3.63, 3.8) is 0 Å². The number of rotatable bonds is 7. The fraction of sp³-hybridized carbons (Fsp3) is 0.435. The fourth-order valence-corrected chi connectivity index (χ4v) is 4.94. The molecular formula is C23H30ClN3O5S. The van der Waals surface area contributed by atoms with Crippen LogP contribution < -0.4 is 14.8 Å². The van der Waals surface area contributed by atoms with E-state index >= 15 is 0 Å². The van der Waals surface area contributed by atoms with Gasteiger partial charge in [-0.3, -0.25) is 9.52 Å². The first-order valence-electron chi connectivity index (χ1n) is 10.8. The number of benzene rings is 2. The third kappa shape index (κ3) is 6.17. The van der Waals surface area contributed by atoms with Crippen molar-refractivity contribution < 1.29 is 23.1 Å². The normalized spacial score (nSPS) is 20.2. The topological polar surface area (TPSA) is 108 Å². The molecule has 0 spiro atoms. The second-order valence-electron chi connectivity index (χ2n) is 8.33. The molecule has 0 saturated carbocycles. The van der Waals surface area contributed by atoms with E-state index in [-0.39, 0.29) is 41.9 Å². The number of likely N-dealkylation sites (N-methyl/N-ethyl adjacent to an activating group) is 1. The third-order valence-corrected chi connectivity index (χ3v) is 7.35. The minimum absolute atomic E-state index is 0.00411. The summed E-state index contributed by atoms with van der Waals surface area (Å²) in [7, 11) is -2.01. The summed E-state index contributed by atoms with van der Waals surface area (Å²) >= 11 is 5.86. The highest BCUT2D eigenvalue weighted by atomic mass is 35.5. The van der Waals surface area contributed by atoms with Crippen LogP contribution in [0.5, 0.6) is 5.75 Å². The highest BCUT2D eigenvalue weighted by molar-refractivity contribution is 7.92. The number of carbonyl (C=O) groups excluding carboxylic acids is 1. The van der Waals surface area contributed by atoms with Crippen LogP contribution in [0.25, 0.3) is 0 Å². The molecule has 2 aromatic rings. The van der Waals surface area contributed by atoms with Gasteiger partial charge in [-0.1, -0.05) is 18.5 Å². The molecule has 0 bridgehead atoms. The van der Waals surface area contributed by atoms with Crippen molar-refractivity contribution >= 4 is 33.2 Å². The standard InChI is InChI=1S/C23H30ClN3O5S/c1-15-13-27(16(2)14-28)23(29)11-17-10-19(6-9-21(17)32-22(15)12-25-3)26-33(30,31)20-7-4-18(24)5-8-20/h4-10,15-16,22,25-26,28H,11-14H2,1-3H3/t15-,16-,22+/m1/s1. The Morgan fingerprint density at radius 3 is 2.58 bits per heavy atom. The Balaban J connectivity index is 1.95. The molecule has 3 rings (SSSR count). The van der Waals surface area contributed by atoms with Gasteiger partial charge in [0.1, 0.15) is 11.9 Å². The van der Waals surface area contributed by atoms with E-state index < -0.39 is 10.0 Å². The molecule has 1 heterocycles. The molecule has 0 saturated heterocycles. The van der Waals surface area contributed by atoms with Gasteiger partial charge >= 0.3 is 0 Å². The lowest BCUT2D eigenvalue weighted by molar-refractivity contribution is -0.134. The number of carbonyl (C=O) groups is 1. The molecule has 1 aliphatic heterocycles. The van der Waals surface area contributed by atoms with Crippen LogP contribution in [0.15, 0.2) is 47.4 Å². The van der Waals surface area contributed by atoms with E-state index in [4.69, 9.17) is 16.3 Å². The zero-order valence-electron chi connectivity index (χ0n) is 18.9. The highest BCUT2D eigenvalue weighted by Gasteiger charge is 2.30. The molecule has 180 valence electrons. The number of nitrogens with zero attached hydrogens (tertiary/aromatic N) is 1. The maximum Gasteiger partial charge on any atom is 0.261 e. The van der Waals surface area contributed by atoms with Gasteiger partial charge in [-0.25, -0.2) is 8.42 Å². The summed E-state index contributed by atoms with van der Waals surface area (Å²) in [5, 5.41) is 13.2. The van der Waals surface area contributed by atoms with E-state index in [1.165, 1.54) is 24.3 Å². The molecule has 3 atom stereocenters. The number of nitrogens with one attached hydrogen (secondary N) is 2. The largest absolute Gasteiger partial charge is 0.488 e. The zero-order valence-corrected chi connectivity index (χ0v) is 20.5. The van der Waals surface area contributed by atoms with Crippen molar-refractivity contribution in [2.24, 2.45) is 5.92 Å². The molecule has 1 amide bonds. The van der Waals surface area contributed by atoms with Gasteiger partial charge in [-0.05, 0) is 56.4 Å². The summed E-state index contributed by atoms with van der Waals surface area (Å²) in [4.78, 5) is 14.9. The molecule has 0 fully saturated rings. The van der Waals surface area contributed by atoms with Crippen LogP contribution in [0.3, 0.4) is 0 Å². The number of halogens is 1. The first-order chi connectivity index (χ1) is 15.6. The van der Waals surface area contributed by atoms with Gasteiger partial charge in [-0.2, -0.15) is 0 Å². The van der Waals surface area contributed by atoms with E-state index in [2.05, 4.69) is 10.0 Å². The predicted molar refractivity (Wildman–Crippen MR) is 128 cm³/mol. The third-order valence-electron chi connectivity index (χ3n) is 5.70. The van der Waals surface area contributed by atoms with Crippen LogP contribution in [-0.4, -0.2) is 63.2 Å². The number of hydrogen-bond donors (Lipinski definition) is 3. The van der Waals surface area contributed by atoms with Gasteiger partial charge in [0, 0.05) is 35.3 Å². The van der Waals surface area contributed by atoms with Gasteiger partial charge in [0.15, 0.2) is 0 Å². The molecule has 1 aliphatic rings. The summed E-state index contributed by atoms with van der Waals surface area (Å²) < 4.78 is 34.4. The van der Waals surface area contributed by atoms with Gasteiger partial charge in [0.25, 0.3) is 10.0 Å². The van der Waals surface area contributed by atoms with Crippen molar-refractivity contribution in [2.45, 2.75) is 37.3 Å². The van der Waals surface area contributed by atoms with Gasteiger partial charge in [0.2, 0.25) is 5.91 Å². The number of anilines is 1. The monoisotopic (exact) mass is 495 g/mol. The van der Waals surface area contributed by atoms with Crippen LogP contribution in [0.1, 0.15) is 19.4 Å². The Labute approximate surface area is 199 Å². The predicted octanol–water partition coefficient (Wildman–Crippen LogP) is 2.51. The Hall–Kier alpha value is -2.33. The van der Waals surface area contributed by atoms with Crippen LogP contribution in [0, 0.1) is 5.92 Å². The number of aliphatic hydroxyl groups is 1. The van der Waals surface area contributed by atoms with Gasteiger partial charge < -0.3 is 20.1 Å². The quantitative estimate of drug-likeness (QED) is 0.544. The molecule has 0 unspecified atom stereocenters. The number of sulfonamides is 1. The Morgan fingerprint density at radius 1 is 1.24 bits per heavy atom. The lowest BCUT2D eigenvalue weighted by atomic mass is 10.0. The maximum atomic E-state index is 13.1. The van der Waals surface area contributed by atoms with Crippen molar-refractivity contribution in [3.8, 4) is 5.75 Å². The molecule has 2 aromatic carbocycles. The Kier molecular flexibility index (Phi) is 8.23. The van der Waals surface area contributed by atoms with E-state index in [9.17, 15) is 18.3 Å². The van der Waals surface area contributed by atoms with E-state index in [1.807, 2.05) is 14.0 Å². The molecule has 33 heavy (non-hydrogen) atoms. The maximum absolute atomic E-state index is 13.1. The molecule has 0 aromatic heterocycles. The van der Waals surface area contributed by atoms with Crippen LogP contribution in [-0.2, 0) is 21.2 Å². The Bertz CT molecular complexity index is 1080. The Morgan fingerprint density at radius 2 is 1.94 bits per heavy atom. The number of ether oxygens (including phenoxy) is 1. The fourth-order valence-electron chi connectivity index (χ4n) is 3.77. The molecule has 0 aliphatic carbocycles. The highest BCUT2D eigenvalue weighted by Crippen LogP contribution is 2.30. The van der Waals surface area contributed by atoms with E-state index in [1.54, 1.807) is 30.0 Å². The van der Waals surface area contributed by atoms with Gasteiger partial charge in [0.05, 0.1) is 24.0 Å². The minimum atomic E-state index is -3.84. The van der Waals surface area contributed by atoms with Crippen LogP contribution >= 0.6 is 11.6 Å². The average molecular weight is 496 g/mol. The molecule has 8 nitrogen and oxygen atoms in total. The summed E-state index contributed by atoms with van der Waals surface area (Å²) in [6.45, 7) is 4.67. The lowest BCUT2D eigenvalue weighted by Gasteiger charge is -2.32. The summed E-state index contributed by atoms with van der Waals surface area (Å²) in [6.07, 6.45) is -0.195. The van der Waals surface area contributed by atoms with Crippen LogP contribution in [0.4, 0.5) is 5.69 Å². The molecular weight excluding hydrogens is 466 g/mol. The van der Waals surface area contributed by atoms with E-state index in [0.717, 1.165) is 0 Å².